The Kier molecular flexibility index (Phi) is 3.82. The number of hydrogen-bond acceptors (Lipinski definition) is 3. The summed E-state index contributed by atoms with van der Waals surface area (Å²) in [6, 6.07) is 11.3. The van der Waals surface area contributed by atoms with Gasteiger partial charge in [0.1, 0.15) is 5.75 Å². The van der Waals surface area contributed by atoms with E-state index < -0.39 is 0 Å². The number of nitrogens with zero attached hydrogens (tertiary/aromatic N) is 2. The number of halogens is 1. The summed E-state index contributed by atoms with van der Waals surface area (Å²) in [5.41, 5.74) is 3.01. The number of fused-ring (bicyclic) bond motifs is 1. The van der Waals surface area contributed by atoms with Crippen molar-refractivity contribution in [3.63, 3.8) is 0 Å². The van der Waals surface area contributed by atoms with E-state index in [1.807, 2.05) is 47.9 Å². The molecule has 0 unspecified atom stereocenters. The van der Waals surface area contributed by atoms with Crippen molar-refractivity contribution in [3.8, 4) is 17.0 Å². The highest BCUT2D eigenvalue weighted by molar-refractivity contribution is 6.33. The molecule has 0 spiro atoms. The van der Waals surface area contributed by atoms with E-state index in [0.29, 0.717) is 17.3 Å². The molecule has 0 amide bonds. The van der Waals surface area contributed by atoms with Crippen LogP contribution in [0.4, 0.5) is 0 Å². The molecule has 5 heteroatoms. The summed E-state index contributed by atoms with van der Waals surface area (Å²) >= 11 is 6.17. The Morgan fingerprint density at radius 2 is 2.00 bits per heavy atom. The van der Waals surface area contributed by atoms with Crippen LogP contribution in [-0.4, -0.2) is 21.1 Å². The van der Waals surface area contributed by atoms with Crippen molar-refractivity contribution in [2.45, 2.75) is 13.5 Å². The third-order valence-electron chi connectivity index (χ3n) is 3.29. The Balaban J connectivity index is 2.13. The van der Waals surface area contributed by atoms with Crippen LogP contribution in [0.15, 0.2) is 42.6 Å². The van der Waals surface area contributed by atoms with E-state index in [0.717, 1.165) is 22.7 Å². The molecular formula is C16H15ClN2O2. The van der Waals surface area contributed by atoms with E-state index in [4.69, 9.17) is 16.3 Å². The minimum atomic E-state index is -0.107. The van der Waals surface area contributed by atoms with E-state index in [1.54, 1.807) is 6.07 Å². The summed E-state index contributed by atoms with van der Waals surface area (Å²) in [6.07, 6.45) is 1.85. The quantitative estimate of drug-likeness (QED) is 0.802. The van der Waals surface area contributed by atoms with Gasteiger partial charge in [-0.25, -0.2) is 4.98 Å². The molecule has 0 aliphatic carbocycles. The zero-order valence-electron chi connectivity index (χ0n) is 11.6. The van der Waals surface area contributed by atoms with Crippen molar-refractivity contribution in [2.24, 2.45) is 0 Å². The monoisotopic (exact) mass is 302 g/mol. The molecule has 0 saturated carbocycles. The van der Waals surface area contributed by atoms with Crippen molar-refractivity contribution in [3.05, 3.63) is 53.3 Å². The highest BCUT2D eigenvalue weighted by Gasteiger charge is 2.14. The lowest BCUT2D eigenvalue weighted by Gasteiger charge is -2.05. The molecule has 1 N–H and O–H groups in total. The van der Waals surface area contributed by atoms with Gasteiger partial charge in [-0.1, -0.05) is 11.6 Å². The Morgan fingerprint density at radius 1 is 1.24 bits per heavy atom. The number of pyridine rings is 1. The zero-order chi connectivity index (χ0) is 14.8. The second-order valence-corrected chi connectivity index (χ2v) is 4.98. The second kappa shape index (κ2) is 5.76. The maximum absolute atomic E-state index is 9.67. The lowest BCUT2D eigenvalue weighted by Crippen LogP contribution is -1.94. The van der Waals surface area contributed by atoms with Crippen molar-refractivity contribution in [2.75, 3.05) is 6.61 Å². The maximum atomic E-state index is 9.67. The highest BCUT2D eigenvalue weighted by Crippen LogP contribution is 2.28. The minimum Gasteiger partial charge on any atom is -0.494 e. The predicted octanol–water partition coefficient (Wildman–Crippen LogP) is 3.55. The van der Waals surface area contributed by atoms with Crippen LogP contribution in [0, 0.1) is 0 Å². The number of ether oxygens (including phenoxy) is 1. The molecule has 1 aromatic carbocycles. The summed E-state index contributed by atoms with van der Waals surface area (Å²) in [7, 11) is 0. The summed E-state index contributed by atoms with van der Waals surface area (Å²) in [5.74, 6) is 0.814. The van der Waals surface area contributed by atoms with Gasteiger partial charge in [0.25, 0.3) is 0 Å². The third-order valence-corrected chi connectivity index (χ3v) is 3.58. The lowest BCUT2D eigenvalue weighted by molar-refractivity contribution is 0.276. The first kappa shape index (κ1) is 13.9. The maximum Gasteiger partial charge on any atom is 0.156 e. The van der Waals surface area contributed by atoms with Gasteiger partial charge in [-0.2, -0.15) is 0 Å². The molecule has 2 aromatic heterocycles. The zero-order valence-corrected chi connectivity index (χ0v) is 12.3. The normalized spacial score (nSPS) is 11.0. The number of hydrogen-bond donors (Lipinski definition) is 1. The van der Waals surface area contributed by atoms with Crippen LogP contribution < -0.4 is 4.74 Å². The molecule has 0 saturated heterocycles. The van der Waals surface area contributed by atoms with E-state index in [-0.39, 0.29) is 6.61 Å². The lowest BCUT2D eigenvalue weighted by atomic mass is 10.1. The van der Waals surface area contributed by atoms with E-state index >= 15 is 0 Å². The molecule has 108 valence electrons. The van der Waals surface area contributed by atoms with Crippen molar-refractivity contribution in [1.29, 1.82) is 0 Å². The van der Waals surface area contributed by atoms with E-state index in [1.165, 1.54) is 0 Å². The van der Waals surface area contributed by atoms with Gasteiger partial charge in [-0.05, 0) is 43.3 Å². The molecule has 0 aliphatic rings. The number of aromatic nitrogens is 2. The molecule has 3 rings (SSSR count). The van der Waals surface area contributed by atoms with E-state index in [2.05, 4.69) is 4.98 Å². The van der Waals surface area contributed by atoms with Crippen molar-refractivity contribution >= 4 is 17.2 Å². The van der Waals surface area contributed by atoms with Crippen LogP contribution in [0.2, 0.25) is 5.02 Å². The second-order valence-electron chi connectivity index (χ2n) is 4.57. The SMILES string of the molecule is CCOc1ccc(-c2nc3c(Cl)cccn3c2CO)cc1. The molecule has 21 heavy (non-hydrogen) atoms. The Bertz CT molecular complexity index is 766. The Hall–Kier alpha value is -2.04. The van der Waals surface area contributed by atoms with Crippen LogP contribution in [0.3, 0.4) is 0 Å². The molecule has 4 nitrogen and oxygen atoms in total. The molecule has 0 radical (unpaired) electrons. The molecule has 3 aromatic rings. The summed E-state index contributed by atoms with van der Waals surface area (Å²) in [4.78, 5) is 4.56. The first-order valence-electron chi connectivity index (χ1n) is 6.74. The number of aliphatic hydroxyl groups excluding tert-OH is 1. The molecule has 0 fully saturated rings. The first-order valence-corrected chi connectivity index (χ1v) is 7.12. The number of rotatable bonds is 4. The predicted molar refractivity (Wildman–Crippen MR) is 82.7 cm³/mol. The van der Waals surface area contributed by atoms with Gasteiger partial charge >= 0.3 is 0 Å². The van der Waals surface area contributed by atoms with Gasteiger partial charge in [0, 0.05) is 11.8 Å². The first-order chi connectivity index (χ1) is 10.2. The number of aliphatic hydroxyl groups is 1. The fourth-order valence-electron chi connectivity index (χ4n) is 2.34. The smallest absolute Gasteiger partial charge is 0.156 e. The Morgan fingerprint density at radius 3 is 2.67 bits per heavy atom. The van der Waals surface area contributed by atoms with Crippen LogP contribution in [0.1, 0.15) is 12.6 Å². The van der Waals surface area contributed by atoms with Crippen molar-refractivity contribution < 1.29 is 9.84 Å². The minimum absolute atomic E-state index is 0.107. The largest absolute Gasteiger partial charge is 0.494 e. The van der Waals surface area contributed by atoms with Crippen LogP contribution in [0.25, 0.3) is 16.9 Å². The summed E-state index contributed by atoms with van der Waals surface area (Å²) < 4.78 is 7.25. The summed E-state index contributed by atoms with van der Waals surface area (Å²) in [5, 5.41) is 10.2. The van der Waals surface area contributed by atoms with Crippen LogP contribution >= 0.6 is 11.6 Å². The number of benzene rings is 1. The van der Waals surface area contributed by atoms with Gasteiger partial charge in [-0.3, -0.25) is 4.40 Å². The average molecular weight is 303 g/mol. The molecular weight excluding hydrogens is 288 g/mol. The van der Waals surface area contributed by atoms with Gasteiger partial charge < -0.3 is 9.84 Å². The number of imidazole rings is 1. The molecule has 2 heterocycles. The summed E-state index contributed by atoms with van der Waals surface area (Å²) in [6.45, 7) is 2.47. The van der Waals surface area contributed by atoms with Crippen LogP contribution in [-0.2, 0) is 6.61 Å². The van der Waals surface area contributed by atoms with Crippen LogP contribution in [0.5, 0.6) is 5.75 Å². The average Bonchev–Trinajstić information content (AvgIpc) is 2.88. The topological polar surface area (TPSA) is 46.8 Å². The third kappa shape index (κ3) is 2.48. The van der Waals surface area contributed by atoms with Gasteiger partial charge in [0.05, 0.1) is 29.6 Å². The standard InChI is InChI=1S/C16H15ClN2O2/c1-2-21-12-7-5-11(6-8-12)15-14(10-20)19-9-3-4-13(17)16(19)18-15/h3-9,20H,2,10H2,1H3. The molecule has 0 bridgehead atoms. The van der Waals surface area contributed by atoms with Gasteiger partial charge in [0.15, 0.2) is 5.65 Å². The molecule has 0 aliphatic heterocycles. The molecule has 0 atom stereocenters. The fourth-order valence-corrected chi connectivity index (χ4v) is 2.55. The highest BCUT2D eigenvalue weighted by atomic mass is 35.5. The van der Waals surface area contributed by atoms with E-state index in [9.17, 15) is 5.11 Å². The fraction of sp³-hybridized carbons (Fsp3) is 0.188. The van der Waals surface area contributed by atoms with Crippen molar-refractivity contribution in [1.82, 2.24) is 9.38 Å². The Labute approximate surface area is 127 Å². The van der Waals surface area contributed by atoms with Gasteiger partial charge in [-0.15, -0.1) is 0 Å². The van der Waals surface area contributed by atoms with Gasteiger partial charge in [0.2, 0.25) is 0 Å².